The number of rotatable bonds is 4. The van der Waals surface area contributed by atoms with Gasteiger partial charge in [0.05, 0.1) is 0 Å². The molecule has 1 aromatic rings. The van der Waals surface area contributed by atoms with Crippen molar-refractivity contribution in [2.75, 3.05) is 7.05 Å². The first-order valence-corrected chi connectivity index (χ1v) is 7.72. The molecule has 0 amide bonds. The van der Waals surface area contributed by atoms with Crippen LogP contribution in [0.25, 0.3) is 0 Å². The number of benzene rings is 1. The fourth-order valence-corrected chi connectivity index (χ4v) is 4.09. The molecule has 2 atom stereocenters. The van der Waals surface area contributed by atoms with Crippen molar-refractivity contribution < 1.29 is 4.74 Å². The summed E-state index contributed by atoms with van der Waals surface area (Å²) in [6.07, 6.45) is 8.02. The highest BCUT2D eigenvalue weighted by molar-refractivity contribution is 5.34. The third-order valence-electron chi connectivity index (χ3n) is 5.29. The summed E-state index contributed by atoms with van der Waals surface area (Å²) in [6, 6.07) is 9.17. The van der Waals surface area contributed by atoms with Crippen LogP contribution < -0.4 is 10.1 Å². The first-order valence-electron chi connectivity index (χ1n) is 7.72. The van der Waals surface area contributed by atoms with Gasteiger partial charge in [-0.3, -0.25) is 0 Å². The van der Waals surface area contributed by atoms with Crippen LogP contribution in [0.1, 0.15) is 44.6 Å². The van der Waals surface area contributed by atoms with E-state index in [0.29, 0.717) is 17.6 Å². The van der Waals surface area contributed by atoms with E-state index in [4.69, 9.17) is 4.74 Å². The number of aryl methyl sites for hydroxylation is 1. The molecule has 1 aromatic carbocycles. The zero-order chi connectivity index (χ0) is 13.3. The predicted molar refractivity (Wildman–Crippen MR) is 78.6 cm³/mol. The summed E-state index contributed by atoms with van der Waals surface area (Å²) in [7, 11) is 2.10. The lowest BCUT2D eigenvalue weighted by atomic mass is 9.60. The van der Waals surface area contributed by atoms with Crippen molar-refractivity contribution in [2.24, 2.45) is 5.41 Å². The van der Waals surface area contributed by atoms with E-state index in [-0.39, 0.29) is 0 Å². The van der Waals surface area contributed by atoms with Gasteiger partial charge in [0.15, 0.2) is 0 Å². The Bertz CT molecular complexity index is 437. The van der Waals surface area contributed by atoms with E-state index in [0.717, 1.165) is 18.6 Å². The SMILES string of the molecule is CCc1ccccc1OC1CC(NC)C12CCCC2. The number of hydrogen-bond donors (Lipinski definition) is 1. The Morgan fingerprint density at radius 1 is 1.26 bits per heavy atom. The second-order valence-electron chi connectivity index (χ2n) is 6.09. The van der Waals surface area contributed by atoms with E-state index in [1.165, 1.54) is 31.2 Å². The van der Waals surface area contributed by atoms with E-state index in [9.17, 15) is 0 Å². The molecule has 2 aliphatic carbocycles. The number of ether oxygens (including phenoxy) is 1. The number of para-hydroxylation sites is 1. The summed E-state index contributed by atoms with van der Waals surface area (Å²) in [6.45, 7) is 2.20. The lowest BCUT2D eigenvalue weighted by Gasteiger charge is -2.53. The minimum absolute atomic E-state index is 0.412. The van der Waals surface area contributed by atoms with Crippen molar-refractivity contribution in [3.8, 4) is 5.75 Å². The summed E-state index contributed by atoms with van der Waals surface area (Å²) in [5, 5.41) is 3.50. The van der Waals surface area contributed by atoms with E-state index >= 15 is 0 Å². The van der Waals surface area contributed by atoms with Crippen LogP contribution in [0.4, 0.5) is 0 Å². The maximum Gasteiger partial charge on any atom is 0.122 e. The normalized spacial score (nSPS) is 28.3. The zero-order valence-electron chi connectivity index (χ0n) is 12.1. The van der Waals surface area contributed by atoms with Crippen molar-refractivity contribution >= 4 is 0 Å². The average molecular weight is 259 g/mol. The van der Waals surface area contributed by atoms with Crippen LogP contribution in [-0.4, -0.2) is 19.2 Å². The van der Waals surface area contributed by atoms with Crippen molar-refractivity contribution in [1.82, 2.24) is 5.32 Å². The van der Waals surface area contributed by atoms with Gasteiger partial charge in [0.2, 0.25) is 0 Å². The maximum absolute atomic E-state index is 6.40. The highest BCUT2D eigenvalue weighted by Crippen LogP contribution is 2.54. The van der Waals surface area contributed by atoms with Gasteiger partial charge in [0, 0.05) is 17.9 Å². The lowest BCUT2D eigenvalue weighted by Crippen LogP contribution is -2.63. The molecular formula is C17H25NO. The molecule has 1 N–H and O–H groups in total. The van der Waals surface area contributed by atoms with Gasteiger partial charge in [-0.1, -0.05) is 38.0 Å². The maximum atomic E-state index is 6.40. The second-order valence-corrected chi connectivity index (χ2v) is 6.09. The highest BCUT2D eigenvalue weighted by Gasteiger charge is 2.57. The van der Waals surface area contributed by atoms with Crippen LogP contribution in [0.3, 0.4) is 0 Å². The van der Waals surface area contributed by atoms with Gasteiger partial charge >= 0.3 is 0 Å². The minimum Gasteiger partial charge on any atom is -0.489 e. The largest absolute Gasteiger partial charge is 0.489 e. The third kappa shape index (κ3) is 2.06. The minimum atomic E-state index is 0.412. The molecule has 2 aliphatic rings. The highest BCUT2D eigenvalue weighted by atomic mass is 16.5. The molecule has 0 heterocycles. The monoisotopic (exact) mass is 259 g/mol. The molecular weight excluding hydrogens is 234 g/mol. The van der Waals surface area contributed by atoms with Gasteiger partial charge in [-0.2, -0.15) is 0 Å². The number of hydrogen-bond acceptors (Lipinski definition) is 2. The average Bonchev–Trinajstić information content (AvgIpc) is 2.95. The third-order valence-corrected chi connectivity index (χ3v) is 5.29. The summed E-state index contributed by atoms with van der Waals surface area (Å²) >= 11 is 0. The van der Waals surface area contributed by atoms with Gasteiger partial charge in [-0.15, -0.1) is 0 Å². The molecule has 2 nitrogen and oxygen atoms in total. The molecule has 0 aromatic heterocycles. The van der Waals surface area contributed by atoms with Crippen LogP contribution >= 0.6 is 0 Å². The van der Waals surface area contributed by atoms with Crippen LogP contribution in [0, 0.1) is 5.41 Å². The molecule has 0 saturated heterocycles. The summed E-state index contributed by atoms with van der Waals surface area (Å²) < 4.78 is 6.40. The Balaban J connectivity index is 1.77. The van der Waals surface area contributed by atoms with Crippen molar-refractivity contribution in [2.45, 2.75) is 57.6 Å². The summed E-state index contributed by atoms with van der Waals surface area (Å²) in [5.41, 5.74) is 1.75. The van der Waals surface area contributed by atoms with E-state index in [1.54, 1.807) is 0 Å². The molecule has 2 saturated carbocycles. The molecule has 1 spiro atoms. The molecule has 3 rings (SSSR count). The molecule has 2 fully saturated rings. The van der Waals surface area contributed by atoms with E-state index in [2.05, 4.69) is 43.6 Å². The first-order chi connectivity index (χ1) is 9.30. The number of nitrogens with one attached hydrogen (secondary N) is 1. The Morgan fingerprint density at radius 2 is 2.00 bits per heavy atom. The molecule has 2 unspecified atom stereocenters. The van der Waals surface area contributed by atoms with Gasteiger partial charge in [0.25, 0.3) is 0 Å². The van der Waals surface area contributed by atoms with E-state index in [1.807, 2.05) is 0 Å². The van der Waals surface area contributed by atoms with Crippen LogP contribution in [0.5, 0.6) is 5.75 Å². The van der Waals surface area contributed by atoms with Gasteiger partial charge < -0.3 is 10.1 Å². The lowest BCUT2D eigenvalue weighted by molar-refractivity contribution is -0.0740. The second kappa shape index (κ2) is 5.16. The summed E-state index contributed by atoms with van der Waals surface area (Å²) in [4.78, 5) is 0. The predicted octanol–water partition coefficient (Wildman–Crippen LogP) is 3.55. The Labute approximate surface area is 116 Å². The smallest absolute Gasteiger partial charge is 0.122 e. The Morgan fingerprint density at radius 3 is 2.68 bits per heavy atom. The molecule has 104 valence electrons. The van der Waals surface area contributed by atoms with Gasteiger partial charge in [-0.25, -0.2) is 0 Å². The van der Waals surface area contributed by atoms with Crippen molar-refractivity contribution in [1.29, 1.82) is 0 Å². The standard InChI is InChI=1S/C17H25NO/c1-3-13-8-4-5-9-14(13)19-16-12-15(18-2)17(16)10-6-7-11-17/h4-5,8-9,15-16,18H,3,6-7,10-12H2,1-2H3. The topological polar surface area (TPSA) is 21.3 Å². The molecule has 0 radical (unpaired) electrons. The zero-order valence-corrected chi connectivity index (χ0v) is 12.1. The Hall–Kier alpha value is -1.02. The first kappa shape index (κ1) is 13.0. The quantitative estimate of drug-likeness (QED) is 0.893. The van der Waals surface area contributed by atoms with Gasteiger partial charge in [0.1, 0.15) is 11.9 Å². The summed E-state index contributed by atoms with van der Waals surface area (Å²) in [5.74, 6) is 1.11. The fourth-order valence-electron chi connectivity index (χ4n) is 4.09. The van der Waals surface area contributed by atoms with E-state index < -0.39 is 0 Å². The van der Waals surface area contributed by atoms with Crippen LogP contribution in [0.2, 0.25) is 0 Å². The van der Waals surface area contributed by atoms with Crippen LogP contribution in [-0.2, 0) is 6.42 Å². The van der Waals surface area contributed by atoms with Gasteiger partial charge in [-0.05, 0) is 37.9 Å². The fraction of sp³-hybridized carbons (Fsp3) is 0.647. The van der Waals surface area contributed by atoms with Crippen molar-refractivity contribution in [3.05, 3.63) is 29.8 Å². The molecule has 0 aliphatic heterocycles. The van der Waals surface area contributed by atoms with Crippen molar-refractivity contribution in [3.63, 3.8) is 0 Å². The Kier molecular flexibility index (Phi) is 3.53. The molecule has 0 bridgehead atoms. The molecule has 19 heavy (non-hydrogen) atoms. The van der Waals surface area contributed by atoms with Crippen LogP contribution in [0.15, 0.2) is 24.3 Å². The molecule has 2 heteroatoms.